The van der Waals surface area contributed by atoms with E-state index < -0.39 is 50.5 Å². The Morgan fingerprint density at radius 1 is 0.810 bits per heavy atom. The average Bonchev–Trinajstić information content (AvgIpc) is 2.32. The second-order valence-electron chi connectivity index (χ2n) is 4.31. The Balaban J connectivity index is 3.02. The van der Waals surface area contributed by atoms with Gasteiger partial charge in [0.25, 0.3) is 0 Å². The summed E-state index contributed by atoms with van der Waals surface area (Å²) >= 11 is 10.6. The number of hydrogen-bond donors (Lipinski definition) is 1. The number of benzene rings is 1. The molecule has 21 heavy (non-hydrogen) atoms. The van der Waals surface area contributed by atoms with Gasteiger partial charge in [0.1, 0.15) is 0 Å². The van der Waals surface area contributed by atoms with Crippen LogP contribution in [0, 0.1) is 0 Å². The van der Waals surface area contributed by atoms with Crippen molar-refractivity contribution in [2.75, 3.05) is 5.73 Å². The first-order chi connectivity index (χ1) is 9.21. The van der Waals surface area contributed by atoms with Crippen molar-refractivity contribution in [3.63, 3.8) is 0 Å². The van der Waals surface area contributed by atoms with Gasteiger partial charge in [-0.15, -0.1) is 0 Å². The van der Waals surface area contributed by atoms with E-state index in [1.807, 2.05) is 0 Å². The SMILES string of the molecule is Nc1c(Cl)cc2c(c1Cl)C(F)(F)C(F)(F)C(F)(F)C2(F)F. The van der Waals surface area contributed by atoms with Crippen LogP contribution in [0.4, 0.5) is 40.8 Å². The van der Waals surface area contributed by atoms with Gasteiger partial charge >= 0.3 is 23.7 Å². The van der Waals surface area contributed by atoms with Crippen molar-refractivity contribution in [1.29, 1.82) is 0 Å². The van der Waals surface area contributed by atoms with E-state index >= 15 is 0 Å². The van der Waals surface area contributed by atoms with Crippen molar-refractivity contribution in [3.05, 3.63) is 27.2 Å². The van der Waals surface area contributed by atoms with Crippen molar-refractivity contribution in [1.82, 2.24) is 0 Å². The molecule has 1 aliphatic carbocycles. The molecule has 0 saturated heterocycles. The largest absolute Gasteiger partial charge is 0.396 e. The van der Waals surface area contributed by atoms with E-state index in [9.17, 15) is 35.1 Å². The number of anilines is 1. The molecule has 1 aromatic rings. The Kier molecular flexibility index (Phi) is 3.18. The lowest BCUT2D eigenvalue weighted by Crippen LogP contribution is -2.64. The van der Waals surface area contributed by atoms with Crippen LogP contribution in [0.25, 0.3) is 0 Å². The minimum Gasteiger partial charge on any atom is -0.396 e. The first kappa shape index (κ1) is 16.4. The molecule has 2 rings (SSSR count). The predicted molar refractivity (Wildman–Crippen MR) is 58.6 cm³/mol. The van der Waals surface area contributed by atoms with Crippen molar-refractivity contribution in [3.8, 4) is 0 Å². The Bertz CT molecular complexity index is 628. The molecule has 11 heteroatoms. The topological polar surface area (TPSA) is 26.0 Å². The molecule has 0 aromatic heterocycles. The number of nitrogens with two attached hydrogens (primary N) is 1. The molecule has 0 aliphatic heterocycles. The molecule has 2 N–H and O–H groups in total. The maximum Gasteiger partial charge on any atom is 0.383 e. The van der Waals surface area contributed by atoms with E-state index in [0.717, 1.165) is 0 Å². The molecule has 0 heterocycles. The molecule has 1 nitrogen and oxygen atoms in total. The standard InChI is InChI=1S/C10H3Cl2F8N/c11-3-1-2-4(5(12)6(3)21)8(15,16)10(19,20)9(17,18)7(2,13)14/h1H,21H2. The quantitative estimate of drug-likeness (QED) is 0.509. The van der Waals surface area contributed by atoms with Crippen LogP contribution in [-0.4, -0.2) is 11.8 Å². The highest BCUT2D eigenvalue weighted by Crippen LogP contribution is 2.66. The van der Waals surface area contributed by atoms with Crippen molar-refractivity contribution < 1.29 is 35.1 Å². The lowest BCUT2D eigenvalue weighted by atomic mass is 9.80. The van der Waals surface area contributed by atoms with Crippen LogP contribution in [0.5, 0.6) is 0 Å². The van der Waals surface area contributed by atoms with Crippen LogP contribution in [0.1, 0.15) is 11.1 Å². The van der Waals surface area contributed by atoms with E-state index in [2.05, 4.69) is 0 Å². The normalized spacial score (nSPS) is 24.5. The number of rotatable bonds is 0. The maximum atomic E-state index is 13.6. The third-order valence-electron chi connectivity index (χ3n) is 3.09. The molecule has 1 aromatic carbocycles. The van der Waals surface area contributed by atoms with Gasteiger partial charge in [-0.05, 0) is 6.07 Å². The van der Waals surface area contributed by atoms with Crippen molar-refractivity contribution in [2.24, 2.45) is 0 Å². The minimum atomic E-state index is -6.37. The van der Waals surface area contributed by atoms with Gasteiger partial charge in [-0.2, -0.15) is 35.1 Å². The van der Waals surface area contributed by atoms with Crippen LogP contribution in [0.2, 0.25) is 10.0 Å². The molecule has 1 aliphatic rings. The van der Waals surface area contributed by atoms with Crippen LogP contribution < -0.4 is 5.73 Å². The van der Waals surface area contributed by atoms with E-state index in [0.29, 0.717) is 0 Å². The molecular formula is C10H3Cl2F8N. The molecule has 0 amide bonds. The zero-order chi connectivity index (χ0) is 16.6. The van der Waals surface area contributed by atoms with Gasteiger partial charge < -0.3 is 5.73 Å². The lowest BCUT2D eigenvalue weighted by Gasteiger charge is -2.43. The molecule has 0 unspecified atom stereocenters. The van der Waals surface area contributed by atoms with Crippen molar-refractivity contribution in [2.45, 2.75) is 23.7 Å². The number of alkyl halides is 8. The number of nitrogen functional groups attached to an aromatic ring is 1. The second-order valence-corrected chi connectivity index (χ2v) is 5.09. The Morgan fingerprint density at radius 3 is 1.71 bits per heavy atom. The van der Waals surface area contributed by atoms with Gasteiger partial charge in [0, 0.05) is 5.56 Å². The van der Waals surface area contributed by atoms with Crippen LogP contribution in [0.15, 0.2) is 6.07 Å². The Morgan fingerprint density at radius 2 is 1.24 bits per heavy atom. The molecule has 0 saturated carbocycles. The van der Waals surface area contributed by atoms with E-state index in [1.165, 1.54) is 0 Å². The second kappa shape index (κ2) is 4.07. The predicted octanol–water partition coefficient (Wildman–Crippen LogP) is 5.04. The van der Waals surface area contributed by atoms with E-state index in [1.54, 1.807) is 0 Å². The highest BCUT2D eigenvalue weighted by Gasteiger charge is 2.85. The smallest absolute Gasteiger partial charge is 0.383 e. The summed E-state index contributed by atoms with van der Waals surface area (Å²) in [5.41, 5.74) is -0.0479. The van der Waals surface area contributed by atoms with Crippen LogP contribution >= 0.6 is 23.2 Å². The number of hydrogen-bond acceptors (Lipinski definition) is 1. The van der Waals surface area contributed by atoms with Crippen molar-refractivity contribution >= 4 is 28.9 Å². The molecule has 0 bridgehead atoms. The maximum absolute atomic E-state index is 13.6. The molecule has 0 spiro atoms. The van der Waals surface area contributed by atoms with Gasteiger partial charge in [0.2, 0.25) is 0 Å². The molecular weight excluding hydrogens is 357 g/mol. The zero-order valence-corrected chi connectivity index (χ0v) is 10.9. The summed E-state index contributed by atoms with van der Waals surface area (Å²) in [5, 5.41) is -2.26. The molecule has 118 valence electrons. The highest BCUT2D eigenvalue weighted by atomic mass is 35.5. The first-order valence-electron chi connectivity index (χ1n) is 5.01. The molecule has 0 atom stereocenters. The Hall–Kier alpha value is -0.960. The van der Waals surface area contributed by atoms with Gasteiger partial charge in [-0.1, -0.05) is 23.2 Å². The zero-order valence-electron chi connectivity index (χ0n) is 9.43. The van der Waals surface area contributed by atoms with Gasteiger partial charge in [-0.3, -0.25) is 0 Å². The summed E-state index contributed by atoms with van der Waals surface area (Å²) in [6.07, 6.45) is 0. The fourth-order valence-corrected chi connectivity index (χ4v) is 2.48. The summed E-state index contributed by atoms with van der Waals surface area (Å²) in [4.78, 5) is 0. The lowest BCUT2D eigenvalue weighted by molar-refractivity contribution is -0.386. The van der Waals surface area contributed by atoms with Crippen LogP contribution in [-0.2, 0) is 11.8 Å². The van der Waals surface area contributed by atoms with E-state index in [4.69, 9.17) is 28.9 Å². The fraction of sp³-hybridized carbons (Fsp3) is 0.400. The van der Waals surface area contributed by atoms with Crippen LogP contribution in [0.3, 0.4) is 0 Å². The Labute approximate surface area is 121 Å². The third-order valence-corrected chi connectivity index (χ3v) is 3.79. The average molecular weight is 360 g/mol. The first-order valence-corrected chi connectivity index (χ1v) is 5.76. The summed E-state index contributed by atoms with van der Waals surface area (Å²) in [7, 11) is 0. The summed E-state index contributed by atoms with van der Waals surface area (Å²) in [6, 6.07) is -0.0187. The van der Waals surface area contributed by atoms with Gasteiger partial charge in [0.15, 0.2) is 0 Å². The fourth-order valence-electron chi connectivity index (χ4n) is 1.91. The van der Waals surface area contributed by atoms with Gasteiger partial charge in [0.05, 0.1) is 21.3 Å². The molecule has 0 radical (unpaired) electrons. The summed E-state index contributed by atoms with van der Waals surface area (Å²) < 4.78 is 107. The minimum absolute atomic E-state index is 0.0187. The third kappa shape index (κ3) is 1.64. The number of halogens is 10. The monoisotopic (exact) mass is 359 g/mol. The summed E-state index contributed by atoms with van der Waals surface area (Å²) in [6.45, 7) is 0. The highest BCUT2D eigenvalue weighted by molar-refractivity contribution is 6.39. The molecule has 0 fully saturated rings. The van der Waals surface area contributed by atoms with E-state index in [-0.39, 0.29) is 6.07 Å². The van der Waals surface area contributed by atoms with Gasteiger partial charge in [-0.25, -0.2) is 0 Å². The summed E-state index contributed by atoms with van der Waals surface area (Å²) in [5.74, 6) is -24.0. The number of fused-ring (bicyclic) bond motifs is 1.